The lowest BCUT2D eigenvalue weighted by Gasteiger charge is -2.06. The molecule has 0 aliphatic heterocycles. The molecule has 1 rings (SSSR count). The number of ether oxygens (including phenoxy) is 1. The summed E-state index contributed by atoms with van der Waals surface area (Å²) in [5.41, 5.74) is 0. The molecule has 0 heterocycles. The van der Waals surface area contributed by atoms with Gasteiger partial charge in [0, 0.05) is 13.3 Å². The first-order chi connectivity index (χ1) is 5.34. The van der Waals surface area contributed by atoms with E-state index < -0.39 is 8.80 Å². The molecule has 0 bridgehead atoms. The largest absolute Gasteiger partial charge is 0.388 e. The van der Waals surface area contributed by atoms with Crippen LogP contribution in [-0.2, 0) is 4.74 Å². The zero-order valence-corrected chi connectivity index (χ0v) is 8.00. The summed E-state index contributed by atoms with van der Waals surface area (Å²) < 4.78 is 5.10. The van der Waals surface area contributed by atoms with Crippen LogP contribution in [0.5, 0.6) is 0 Å². The van der Waals surface area contributed by atoms with Gasteiger partial charge in [0.15, 0.2) is 0 Å². The highest BCUT2D eigenvalue weighted by atomic mass is 28.3. The van der Waals surface area contributed by atoms with Gasteiger partial charge in [0.25, 0.3) is 0 Å². The van der Waals surface area contributed by atoms with Crippen molar-refractivity contribution in [3.05, 3.63) is 30.3 Å². The molecule has 0 aliphatic rings. The van der Waals surface area contributed by atoms with E-state index in [-0.39, 0.29) is 0 Å². The molecule has 0 N–H and O–H groups in total. The third-order valence-corrected chi connectivity index (χ3v) is 3.67. The Bertz CT molecular complexity index is 198. The van der Waals surface area contributed by atoms with E-state index in [0.717, 1.165) is 6.23 Å². The maximum atomic E-state index is 5.10. The molecule has 0 spiro atoms. The van der Waals surface area contributed by atoms with Crippen molar-refractivity contribution in [1.29, 1.82) is 0 Å². The first-order valence-corrected chi connectivity index (χ1v) is 5.92. The average molecular weight is 165 g/mol. The van der Waals surface area contributed by atoms with Gasteiger partial charge < -0.3 is 4.74 Å². The van der Waals surface area contributed by atoms with Crippen molar-refractivity contribution in [2.75, 3.05) is 13.3 Å². The van der Waals surface area contributed by atoms with Crippen molar-refractivity contribution >= 4 is 14.0 Å². The first kappa shape index (κ1) is 8.49. The van der Waals surface area contributed by atoms with E-state index in [1.807, 2.05) is 6.07 Å². The van der Waals surface area contributed by atoms with Gasteiger partial charge in [-0.25, -0.2) is 0 Å². The maximum absolute atomic E-state index is 5.10. The highest BCUT2D eigenvalue weighted by Gasteiger charge is 2.04. The third kappa shape index (κ3) is 2.48. The van der Waals surface area contributed by atoms with Crippen LogP contribution in [0.4, 0.5) is 0 Å². The fraction of sp³-hybridized carbons (Fsp3) is 0.333. The fourth-order valence-electron chi connectivity index (χ4n) is 1.02. The van der Waals surface area contributed by atoms with Gasteiger partial charge in [0.05, 0.1) is 0 Å². The lowest BCUT2D eigenvalue weighted by molar-refractivity contribution is 0.250. The minimum Gasteiger partial charge on any atom is -0.388 e. The Labute approximate surface area is 69.6 Å². The smallest absolute Gasteiger partial charge is 0.113 e. The first-order valence-electron chi connectivity index (χ1n) is 3.71. The molecule has 1 radical (unpaired) electrons. The standard InChI is InChI=1S/C9H13OSi/c1-10-8-11(2)9-6-4-3-5-7-9/h3-7H,8H2,1-2H3. The summed E-state index contributed by atoms with van der Waals surface area (Å²) in [5, 5.41) is 1.44. The van der Waals surface area contributed by atoms with Gasteiger partial charge in [-0.1, -0.05) is 42.1 Å². The second-order valence-electron chi connectivity index (χ2n) is 2.58. The highest BCUT2D eigenvalue weighted by Crippen LogP contribution is 1.88. The summed E-state index contributed by atoms with van der Waals surface area (Å²) in [6.45, 7) is 2.27. The minimum atomic E-state index is -0.440. The van der Waals surface area contributed by atoms with Gasteiger partial charge >= 0.3 is 0 Å². The molecule has 2 heteroatoms. The van der Waals surface area contributed by atoms with Crippen molar-refractivity contribution < 1.29 is 4.74 Å². The van der Waals surface area contributed by atoms with Crippen LogP contribution in [0, 0.1) is 0 Å². The summed E-state index contributed by atoms with van der Waals surface area (Å²) in [5.74, 6) is 0. The molecule has 0 unspecified atom stereocenters. The quantitative estimate of drug-likeness (QED) is 0.612. The fourth-order valence-corrected chi connectivity index (χ4v) is 2.38. The molecular formula is C9H13OSi. The zero-order valence-electron chi connectivity index (χ0n) is 7.00. The summed E-state index contributed by atoms with van der Waals surface area (Å²) in [7, 11) is 1.32. The molecule has 0 saturated carbocycles. The Hall–Kier alpha value is -0.603. The number of hydrogen-bond donors (Lipinski definition) is 0. The lowest BCUT2D eigenvalue weighted by atomic mass is 10.4. The van der Waals surface area contributed by atoms with E-state index in [4.69, 9.17) is 4.74 Å². The lowest BCUT2D eigenvalue weighted by Crippen LogP contribution is -2.31. The number of rotatable bonds is 3. The molecule has 0 aromatic heterocycles. The van der Waals surface area contributed by atoms with Crippen LogP contribution in [-0.4, -0.2) is 22.1 Å². The Morgan fingerprint density at radius 3 is 2.45 bits per heavy atom. The predicted octanol–water partition coefficient (Wildman–Crippen LogP) is 1.20. The molecule has 0 saturated heterocycles. The monoisotopic (exact) mass is 165 g/mol. The molecule has 1 aromatic carbocycles. The molecule has 59 valence electrons. The molecule has 11 heavy (non-hydrogen) atoms. The third-order valence-electron chi connectivity index (χ3n) is 1.63. The van der Waals surface area contributed by atoms with Gasteiger partial charge in [0.2, 0.25) is 0 Å². The van der Waals surface area contributed by atoms with Gasteiger partial charge in [-0.3, -0.25) is 0 Å². The van der Waals surface area contributed by atoms with Gasteiger partial charge in [-0.2, -0.15) is 0 Å². The van der Waals surface area contributed by atoms with Gasteiger partial charge in [-0.05, 0) is 0 Å². The van der Waals surface area contributed by atoms with Crippen molar-refractivity contribution in [3.8, 4) is 0 Å². The van der Waals surface area contributed by atoms with E-state index >= 15 is 0 Å². The van der Waals surface area contributed by atoms with Crippen molar-refractivity contribution in [3.63, 3.8) is 0 Å². The Morgan fingerprint density at radius 1 is 1.27 bits per heavy atom. The van der Waals surface area contributed by atoms with Crippen molar-refractivity contribution in [2.45, 2.75) is 6.55 Å². The molecular weight excluding hydrogens is 152 g/mol. The summed E-state index contributed by atoms with van der Waals surface area (Å²) >= 11 is 0. The van der Waals surface area contributed by atoms with E-state index in [1.54, 1.807) is 7.11 Å². The normalized spacial score (nSPS) is 10.5. The van der Waals surface area contributed by atoms with E-state index in [0.29, 0.717) is 0 Å². The average Bonchev–Trinajstić information content (AvgIpc) is 2.07. The summed E-state index contributed by atoms with van der Waals surface area (Å²) in [6.07, 6.45) is 0.898. The van der Waals surface area contributed by atoms with Crippen molar-refractivity contribution in [2.24, 2.45) is 0 Å². The maximum Gasteiger partial charge on any atom is 0.113 e. The Morgan fingerprint density at radius 2 is 1.91 bits per heavy atom. The number of methoxy groups -OCH3 is 1. The molecule has 1 aromatic rings. The molecule has 0 amide bonds. The van der Waals surface area contributed by atoms with Crippen LogP contribution >= 0.6 is 0 Å². The van der Waals surface area contributed by atoms with Crippen LogP contribution in [0.15, 0.2) is 30.3 Å². The second-order valence-corrected chi connectivity index (χ2v) is 5.01. The molecule has 0 aliphatic carbocycles. The van der Waals surface area contributed by atoms with Crippen LogP contribution < -0.4 is 5.19 Å². The van der Waals surface area contributed by atoms with Crippen molar-refractivity contribution in [1.82, 2.24) is 0 Å². The SMILES string of the molecule is COC[Si](C)c1ccccc1. The Kier molecular flexibility index (Phi) is 3.33. The summed E-state index contributed by atoms with van der Waals surface area (Å²) in [4.78, 5) is 0. The van der Waals surface area contributed by atoms with E-state index in [1.165, 1.54) is 5.19 Å². The van der Waals surface area contributed by atoms with Crippen LogP contribution in [0.3, 0.4) is 0 Å². The topological polar surface area (TPSA) is 9.23 Å². The zero-order chi connectivity index (χ0) is 8.10. The van der Waals surface area contributed by atoms with E-state index in [2.05, 4.69) is 30.8 Å². The van der Waals surface area contributed by atoms with Crippen LogP contribution in [0.1, 0.15) is 0 Å². The molecule has 0 atom stereocenters. The van der Waals surface area contributed by atoms with Crippen LogP contribution in [0.2, 0.25) is 6.55 Å². The molecule has 0 fully saturated rings. The van der Waals surface area contributed by atoms with Gasteiger partial charge in [0.1, 0.15) is 8.80 Å². The number of hydrogen-bond acceptors (Lipinski definition) is 1. The van der Waals surface area contributed by atoms with Crippen LogP contribution in [0.25, 0.3) is 0 Å². The van der Waals surface area contributed by atoms with Gasteiger partial charge in [-0.15, -0.1) is 0 Å². The molecule has 1 nitrogen and oxygen atoms in total. The number of benzene rings is 1. The Balaban J connectivity index is 2.61. The summed E-state index contributed by atoms with van der Waals surface area (Å²) in [6, 6.07) is 10.6. The second kappa shape index (κ2) is 4.31. The predicted molar refractivity (Wildman–Crippen MR) is 49.6 cm³/mol. The van der Waals surface area contributed by atoms with E-state index in [9.17, 15) is 0 Å². The minimum absolute atomic E-state index is 0.440. The highest BCUT2D eigenvalue weighted by molar-refractivity contribution is 6.71.